The lowest BCUT2D eigenvalue weighted by atomic mass is 10.2. The van der Waals surface area contributed by atoms with Gasteiger partial charge in [0.2, 0.25) is 0 Å². The summed E-state index contributed by atoms with van der Waals surface area (Å²) < 4.78 is 25.4. The first-order valence-corrected chi connectivity index (χ1v) is 10.8. The van der Waals surface area contributed by atoms with Gasteiger partial charge in [0.1, 0.15) is 11.6 Å². The zero-order valence-electron chi connectivity index (χ0n) is 18.9. The summed E-state index contributed by atoms with van der Waals surface area (Å²) in [5.74, 6) is -0.948. The fourth-order valence-corrected chi connectivity index (χ4v) is 3.36. The van der Waals surface area contributed by atoms with E-state index in [-0.39, 0.29) is 18.1 Å². The summed E-state index contributed by atoms with van der Waals surface area (Å²) in [6, 6.07) is 18.4. The van der Waals surface area contributed by atoms with E-state index >= 15 is 0 Å². The molecule has 178 valence electrons. The molecule has 4 rings (SSSR count). The van der Waals surface area contributed by atoms with Gasteiger partial charge in [-0.15, -0.1) is 5.10 Å². The average molecular weight is 475 g/mol. The van der Waals surface area contributed by atoms with Crippen LogP contribution in [0.3, 0.4) is 0 Å². The van der Waals surface area contributed by atoms with Crippen LogP contribution in [0.2, 0.25) is 0 Å². The lowest BCUT2D eigenvalue weighted by molar-refractivity contribution is -0.148. The van der Waals surface area contributed by atoms with Crippen LogP contribution in [0.1, 0.15) is 18.2 Å². The minimum atomic E-state index is -0.818. The van der Waals surface area contributed by atoms with E-state index in [1.165, 1.54) is 34.1 Å². The van der Waals surface area contributed by atoms with E-state index in [2.05, 4.69) is 15.5 Å². The summed E-state index contributed by atoms with van der Waals surface area (Å²) in [4.78, 5) is 27.3. The number of rotatable bonds is 9. The van der Waals surface area contributed by atoms with Crippen LogP contribution in [-0.4, -0.2) is 50.1 Å². The van der Waals surface area contributed by atoms with Crippen molar-refractivity contribution in [1.29, 1.82) is 0 Å². The summed E-state index contributed by atoms with van der Waals surface area (Å²) in [7, 11) is 0. The summed E-state index contributed by atoms with van der Waals surface area (Å²) in [6.07, 6.45) is 2.89. The molecule has 10 heteroatoms. The minimum absolute atomic E-state index is 0.0372. The highest BCUT2D eigenvalue weighted by molar-refractivity contribution is 6.15. The molecular weight excluding hydrogens is 453 g/mol. The van der Waals surface area contributed by atoms with Crippen LogP contribution < -0.4 is 0 Å². The quantitative estimate of drug-likeness (QED) is 0.269. The number of nitrogens with zero attached hydrogens (tertiary/aromatic N) is 5. The molecule has 1 amide bonds. The monoisotopic (exact) mass is 475 g/mol. The number of amides is 1. The number of halogens is 1. The van der Waals surface area contributed by atoms with Crippen LogP contribution in [-0.2, 0) is 20.9 Å². The molecule has 0 atom stereocenters. The van der Waals surface area contributed by atoms with Gasteiger partial charge in [0.05, 0.1) is 6.26 Å². The van der Waals surface area contributed by atoms with E-state index in [0.717, 1.165) is 0 Å². The number of likely N-dealkylation sites (N-methyl/N-ethyl adjacent to an activating group) is 1. The Morgan fingerprint density at radius 3 is 2.66 bits per heavy atom. The molecule has 0 radical (unpaired) electrons. The third-order valence-corrected chi connectivity index (χ3v) is 5.08. The van der Waals surface area contributed by atoms with Gasteiger partial charge in [-0.3, -0.25) is 4.79 Å². The van der Waals surface area contributed by atoms with Gasteiger partial charge in [-0.1, -0.05) is 42.5 Å². The van der Waals surface area contributed by atoms with E-state index < -0.39 is 18.5 Å². The van der Waals surface area contributed by atoms with Crippen molar-refractivity contribution in [2.24, 2.45) is 0 Å². The van der Waals surface area contributed by atoms with Gasteiger partial charge in [0.25, 0.3) is 5.91 Å². The van der Waals surface area contributed by atoms with Gasteiger partial charge >= 0.3 is 5.97 Å². The Labute approximate surface area is 200 Å². The van der Waals surface area contributed by atoms with Crippen LogP contribution in [0.4, 0.5) is 4.39 Å². The molecule has 4 aromatic rings. The lowest BCUT2D eigenvalue weighted by Crippen LogP contribution is -2.34. The molecule has 0 aliphatic rings. The number of carbonyl (C=O) groups excluding carboxylic acids is 2. The Kier molecular flexibility index (Phi) is 7.41. The highest BCUT2D eigenvalue weighted by Crippen LogP contribution is 2.21. The topological polar surface area (TPSA) is 103 Å². The van der Waals surface area contributed by atoms with Crippen molar-refractivity contribution in [3.05, 3.63) is 90.1 Å². The number of carbonyl (C=O) groups is 2. The molecule has 2 aromatic carbocycles. The molecule has 0 spiro atoms. The Bertz CT molecular complexity index is 1320. The Balaban J connectivity index is 1.53. The van der Waals surface area contributed by atoms with E-state index in [1.54, 1.807) is 43.3 Å². The second-order valence-electron chi connectivity index (χ2n) is 7.44. The van der Waals surface area contributed by atoms with Crippen molar-refractivity contribution in [2.75, 3.05) is 13.2 Å². The van der Waals surface area contributed by atoms with Gasteiger partial charge in [0.15, 0.2) is 18.1 Å². The number of hydrogen-bond acceptors (Lipinski definition) is 7. The van der Waals surface area contributed by atoms with Crippen molar-refractivity contribution in [3.63, 3.8) is 0 Å². The van der Waals surface area contributed by atoms with Crippen LogP contribution in [0, 0.1) is 5.82 Å². The first-order valence-electron chi connectivity index (χ1n) is 10.8. The first-order chi connectivity index (χ1) is 17.0. The highest BCUT2D eigenvalue weighted by Gasteiger charge is 2.23. The number of furan rings is 1. The molecule has 35 heavy (non-hydrogen) atoms. The average Bonchev–Trinajstić information content (AvgIpc) is 3.57. The number of benzene rings is 2. The van der Waals surface area contributed by atoms with Crippen molar-refractivity contribution in [2.45, 2.75) is 13.5 Å². The lowest BCUT2D eigenvalue weighted by Gasteiger charge is -2.21. The largest absolute Gasteiger partial charge is 0.465 e. The smallest absolute Gasteiger partial charge is 0.357 e. The van der Waals surface area contributed by atoms with Crippen molar-refractivity contribution >= 4 is 23.6 Å². The van der Waals surface area contributed by atoms with Crippen molar-refractivity contribution < 1.29 is 23.1 Å². The van der Waals surface area contributed by atoms with Gasteiger partial charge in [-0.05, 0) is 47.2 Å². The number of esters is 1. The maximum atomic E-state index is 13.5. The number of tetrazole rings is 1. The summed E-state index contributed by atoms with van der Waals surface area (Å²) in [6.45, 7) is 1.81. The van der Waals surface area contributed by atoms with Crippen molar-refractivity contribution in [1.82, 2.24) is 25.1 Å². The van der Waals surface area contributed by atoms with Gasteiger partial charge < -0.3 is 14.1 Å². The molecule has 0 N–H and O–H groups in total. The van der Waals surface area contributed by atoms with Gasteiger partial charge in [-0.2, -0.15) is 4.68 Å². The fraction of sp³-hybridized carbons (Fsp3) is 0.160. The van der Waals surface area contributed by atoms with Gasteiger partial charge in [-0.25, -0.2) is 9.18 Å². The predicted octanol–water partition coefficient (Wildman–Crippen LogP) is 3.66. The maximum absolute atomic E-state index is 13.5. The Hall–Kier alpha value is -4.60. The molecule has 9 nitrogen and oxygen atoms in total. The zero-order valence-corrected chi connectivity index (χ0v) is 18.9. The van der Waals surface area contributed by atoms with Crippen LogP contribution in [0.25, 0.3) is 23.2 Å². The number of ether oxygens (including phenoxy) is 1. The van der Waals surface area contributed by atoms with E-state index in [0.29, 0.717) is 29.3 Å². The molecular formula is C25H22FN5O4. The molecule has 0 saturated carbocycles. The van der Waals surface area contributed by atoms with Gasteiger partial charge in [0, 0.05) is 24.7 Å². The van der Waals surface area contributed by atoms with E-state index in [1.807, 2.05) is 18.2 Å². The molecule has 0 bridgehead atoms. The molecule has 0 aliphatic heterocycles. The van der Waals surface area contributed by atoms with Crippen LogP contribution in [0.15, 0.2) is 77.4 Å². The van der Waals surface area contributed by atoms with Crippen LogP contribution >= 0.6 is 0 Å². The molecule has 0 fully saturated rings. The number of hydrogen-bond donors (Lipinski definition) is 0. The fourth-order valence-electron chi connectivity index (χ4n) is 3.36. The third-order valence-electron chi connectivity index (χ3n) is 5.08. The Morgan fingerprint density at radius 1 is 1.11 bits per heavy atom. The minimum Gasteiger partial charge on any atom is -0.465 e. The maximum Gasteiger partial charge on any atom is 0.357 e. The molecule has 0 unspecified atom stereocenters. The summed E-state index contributed by atoms with van der Waals surface area (Å²) in [5.41, 5.74) is 1.27. The standard InChI is InChI=1S/C25H22FN5O4/c1-2-30(16-18-8-6-11-20(26)14-18)23(32)17-35-25(33)22(15-21-12-7-13-34-21)31-24(27-28-29-31)19-9-4-3-5-10-19/h3-15H,2,16-17H2,1H3/b22-15-. The zero-order chi connectivity index (χ0) is 24.6. The summed E-state index contributed by atoms with van der Waals surface area (Å²) in [5, 5.41) is 11.7. The molecule has 0 saturated heterocycles. The SMILES string of the molecule is CCN(Cc1cccc(F)c1)C(=O)COC(=O)/C(=C/c1ccco1)n1nnnc1-c1ccccc1. The molecule has 0 aliphatic carbocycles. The predicted molar refractivity (Wildman–Crippen MR) is 125 cm³/mol. The highest BCUT2D eigenvalue weighted by atomic mass is 19.1. The molecule has 2 aromatic heterocycles. The first kappa shape index (κ1) is 23.6. The Morgan fingerprint density at radius 2 is 1.94 bits per heavy atom. The van der Waals surface area contributed by atoms with Crippen LogP contribution in [0.5, 0.6) is 0 Å². The third kappa shape index (κ3) is 5.85. The number of aromatic nitrogens is 4. The van der Waals surface area contributed by atoms with Crippen molar-refractivity contribution in [3.8, 4) is 11.4 Å². The van der Waals surface area contributed by atoms with E-state index in [9.17, 15) is 14.0 Å². The normalized spacial score (nSPS) is 11.3. The molecule has 2 heterocycles. The summed E-state index contributed by atoms with van der Waals surface area (Å²) >= 11 is 0. The van der Waals surface area contributed by atoms with E-state index in [4.69, 9.17) is 9.15 Å². The second-order valence-corrected chi connectivity index (χ2v) is 7.44. The second kappa shape index (κ2) is 11.0.